The smallest absolute Gasteiger partial charge is 0.277 e. The van der Waals surface area contributed by atoms with Gasteiger partial charge >= 0.3 is 0 Å². The van der Waals surface area contributed by atoms with Gasteiger partial charge in [-0.2, -0.15) is 0 Å². The number of nitrogens with two attached hydrogens (primary N) is 1. The van der Waals surface area contributed by atoms with Gasteiger partial charge < -0.3 is 11.1 Å². The number of imide groups is 1. The molecule has 0 spiro atoms. The number of hydrogen-bond donors (Lipinski definition) is 2. The van der Waals surface area contributed by atoms with Crippen LogP contribution in [0.3, 0.4) is 0 Å². The van der Waals surface area contributed by atoms with Gasteiger partial charge in [-0.25, -0.2) is 8.78 Å². The van der Waals surface area contributed by atoms with Gasteiger partial charge in [-0.1, -0.05) is 0 Å². The third kappa shape index (κ3) is 3.23. The minimum absolute atomic E-state index is 0. The van der Waals surface area contributed by atoms with Gasteiger partial charge in [0, 0.05) is 12.6 Å². The number of amides is 3. The Morgan fingerprint density at radius 1 is 1.27 bits per heavy atom. The normalized spacial score (nSPS) is 13.7. The fourth-order valence-corrected chi connectivity index (χ4v) is 1.89. The molecule has 1 aromatic rings. The van der Waals surface area contributed by atoms with Gasteiger partial charge in [0.2, 0.25) is 0 Å². The molecular formula is C13H14ClF2N3O3. The monoisotopic (exact) mass is 333 g/mol. The number of carbonyl (C=O) groups excluding carboxylic acids is 3. The highest BCUT2D eigenvalue weighted by atomic mass is 35.5. The van der Waals surface area contributed by atoms with Crippen LogP contribution < -0.4 is 11.1 Å². The van der Waals surface area contributed by atoms with Crippen LogP contribution in [-0.4, -0.2) is 48.7 Å². The lowest BCUT2D eigenvalue weighted by Gasteiger charge is -2.14. The summed E-state index contributed by atoms with van der Waals surface area (Å²) in [6.07, 6.45) is 0. The number of hydrogen-bond acceptors (Lipinski definition) is 4. The van der Waals surface area contributed by atoms with Crippen LogP contribution in [0.4, 0.5) is 8.78 Å². The summed E-state index contributed by atoms with van der Waals surface area (Å²) in [6.45, 7) is -1.78. The third-order valence-corrected chi connectivity index (χ3v) is 3.16. The van der Waals surface area contributed by atoms with Crippen molar-refractivity contribution in [3.05, 3.63) is 34.9 Å². The molecule has 2 rings (SSSR count). The van der Waals surface area contributed by atoms with Gasteiger partial charge in [-0.05, 0) is 18.2 Å². The van der Waals surface area contributed by atoms with E-state index in [2.05, 4.69) is 0 Å². The first-order valence-electron chi connectivity index (χ1n) is 6.09. The maximum absolute atomic E-state index is 13.0. The SMILES string of the molecule is CN1C(=O)c2ccc(C(=O)NCC(F)(F)CN)cc2C1=O.Cl. The summed E-state index contributed by atoms with van der Waals surface area (Å²) in [6, 6.07) is 3.85. The van der Waals surface area contributed by atoms with Crippen molar-refractivity contribution < 1.29 is 23.2 Å². The molecule has 0 saturated heterocycles. The van der Waals surface area contributed by atoms with Crippen molar-refractivity contribution in [2.75, 3.05) is 20.1 Å². The second kappa shape index (κ2) is 6.37. The van der Waals surface area contributed by atoms with E-state index in [1.165, 1.54) is 25.2 Å². The molecule has 0 saturated carbocycles. The predicted octanol–water partition coefficient (Wildman–Crippen LogP) is 0.658. The number of alkyl halides is 2. The van der Waals surface area contributed by atoms with E-state index in [9.17, 15) is 23.2 Å². The zero-order valence-electron chi connectivity index (χ0n) is 11.6. The molecule has 0 radical (unpaired) electrons. The molecule has 22 heavy (non-hydrogen) atoms. The average Bonchev–Trinajstić information content (AvgIpc) is 2.69. The summed E-state index contributed by atoms with van der Waals surface area (Å²) in [4.78, 5) is 36.2. The Hall–Kier alpha value is -2.06. The number of rotatable bonds is 4. The van der Waals surface area contributed by atoms with Crippen molar-refractivity contribution in [1.29, 1.82) is 0 Å². The van der Waals surface area contributed by atoms with E-state index < -0.39 is 36.7 Å². The summed E-state index contributed by atoms with van der Waals surface area (Å²) >= 11 is 0. The van der Waals surface area contributed by atoms with Crippen LogP contribution in [0.5, 0.6) is 0 Å². The molecule has 0 bridgehead atoms. The maximum atomic E-state index is 13.0. The Balaban J connectivity index is 0.00000242. The van der Waals surface area contributed by atoms with E-state index in [-0.39, 0.29) is 29.1 Å². The first-order chi connectivity index (χ1) is 9.76. The van der Waals surface area contributed by atoms with Crippen LogP contribution in [0.1, 0.15) is 31.1 Å². The van der Waals surface area contributed by atoms with Crippen LogP contribution in [0.15, 0.2) is 18.2 Å². The molecule has 3 amide bonds. The van der Waals surface area contributed by atoms with Crippen molar-refractivity contribution in [2.45, 2.75) is 5.92 Å². The Labute approximate surface area is 131 Å². The maximum Gasteiger partial charge on any atom is 0.277 e. The summed E-state index contributed by atoms with van der Waals surface area (Å²) in [5.74, 6) is -4.95. The molecule has 0 aromatic heterocycles. The Morgan fingerprint density at radius 3 is 2.45 bits per heavy atom. The van der Waals surface area contributed by atoms with Crippen molar-refractivity contribution >= 4 is 30.1 Å². The number of halogens is 3. The second-order valence-corrected chi connectivity index (χ2v) is 4.67. The molecule has 1 heterocycles. The second-order valence-electron chi connectivity index (χ2n) is 4.67. The standard InChI is InChI=1S/C13H13F2N3O3.ClH/c1-18-11(20)8-3-2-7(4-9(8)12(18)21)10(19)17-6-13(14,15)5-16;/h2-4H,5-6,16H2,1H3,(H,17,19);1H. The molecular weight excluding hydrogens is 320 g/mol. The molecule has 120 valence electrons. The Bertz CT molecular complexity index is 637. The number of nitrogens with one attached hydrogen (secondary N) is 1. The van der Waals surface area contributed by atoms with Crippen molar-refractivity contribution in [2.24, 2.45) is 5.73 Å². The van der Waals surface area contributed by atoms with Gasteiger partial charge in [0.25, 0.3) is 23.6 Å². The Kier molecular flexibility index (Phi) is 5.21. The average molecular weight is 334 g/mol. The zero-order chi connectivity index (χ0) is 15.8. The van der Waals surface area contributed by atoms with Crippen molar-refractivity contribution in [1.82, 2.24) is 10.2 Å². The van der Waals surface area contributed by atoms with Crippen LogP contribution in [0.25, 0.3) is 0 Å². The number of fused-ring (bicyclic) bond motifs is 1. The summed E-state index contributed by atoms with van der Waals surface area (Å²) in [5.41, 5.74) is 5.16. The fourth-order valence-electron chi connectivity index (χ4n) is 1.89. The summed E-state index contributed by atoms with van der Waals surface area (Å²) < 4.78 is 25.9. The Morgan fingerprint density at radius 2 is 1.86 bits per heavy atom. The number of nitrogens with zero attached hydrogens (tertiary/aromatic N) is 1. The molecule has 1 aromatic carbocycles. The van der Waals surface area contributed by atoms with E-state index in [1.807, 2.05) is 5.32 Å². The summed E-state index contributed by atoms with van der Waals surface area (Å²) in [5, 5.41) is 2.04. The minimum atomic E-state index is -3.20. The van der Waals surface area contributed by atoms with Crippen molar-refractivity contribution in [3.63, 3.8) is 0 Å². The highest BCUT2D eigenvalue weighted by Crippen LogP contribution is 2.22. The molecule has 0 unspecified atom stereocenters. The van der Waals surface area contributed by atoms with Crippen LogP contribution in [-0.2, 0) is 0 Å². The molecule has 3 N–H and O–H groups in total. The number of benzene rings is 1. The first-order valence-corrected chi connectivity index (χ1v) is 6.09. The van der Waals surface area contributed by atoms with Gasteiger partial charge in [-0.3, -0.25) is 19.3 Å². The van der Waals surface area contributed by atoms with E-state index in [0.717, 1.165) is 4.90 Å². The number of carbonyl (C=O) groups is 3. The first kappa shape index (κ1) is 18.0. The highest BCUT2D eigenvalue weighted by Gasteiger charge is 2.33. The molecule has 0 aliphatic carbocycles. The van der Waals surface area contributed by atoms with Crippen LogP contribution >= 0.6 is 12.4 Å². The lowest BCUT2D eigenvalue weighted by atomic mass is 10.1. The largest absolute Gasteiger partial charge is 0.346 e. The summed E-state index contributed by atoms with van der Waals surface area (Å²) in [7, 11) is 1.33. The van der Waals surface area contributed by atoms with Gasteiger partial charge in [0.1, 0.15) is 0 Å². The zero-order valence-corrected chi connectivity index (χ0v) is 12.4. The topological polar surface area (TPSA) is 92.5 Å². The lowest BCUT2D eigenvalue weighted by molar-refractivity contribution is 0.0118. The quantitative estimate of drug-likeness (QED) is 0.792. The van der Waals surface area contributed by atoms with Crippen LogP contribution in [0, 0.1) is 0 Å². The molecule has 9 heteroatoms. The molecule has 0 atom stereocenters. The third-order valence-electron chi connectivity index (χ3n) is 3.16. The molecule has 1 aliphatic rings. The van der Waals surface area contributed by atoms with E-state index in [0.29, 0.717) is 0 Å². The fraction of sp³-hybridized carbons (Fsp3) is 0.308. The molecule has 1 aliphatic heterocycles. The molecule has 6 nitrogen and oxygen atoms in total. The predicted molar refractivity (Wildman–Crippen MR) is 76.4 cm³/mol. The molecule has 0 fully saturated rings. The highest BCUT2D eigenvalue weighted by molar-refractivity contribution is 6.21. The van der Waals surface area contributed by atoms with Gasteiger partial charge in [0.05, 0.1) is 24.2 Å². The van der Waals surface area contributed by atoms with Crippen molar-refractivity contribution in [3.8, 4) is 0 Å². The lowest BCUT2D eigenvalue weighted by Crippen LogP contribution is -2.41. The van der Waals surface area contributed by atoms with E-state index in [4.69, 9.17) is 5.73 Å². The van der Waals surface area contributed by atoms with Crippen LogP contribution in [0.2, 0.25) is 0 Å². The van der Waals surface area contributed by atoms with E-state index >= 15 is 0 Å². The van der Waals surface area contributed by atoms with E-state index in [1.54, 1.807) is 0 Å². The van der Waals surface area contributed by atoms with Gasteiger partial charge in [-0.15, -0.1) is 12.4 Å². The van der Waals surface area contributed by atoms with Gasteiger partial charge in [0.15, 0.2) is 0 Å². The minimum Gasteiger partial charge on any atom is -0.346 e.